The molecule has 23 heavy (non-hydrogen) atoms. The van der Waals surface area contributed by atoms with Gasteiger partial charge in [0.15, 0.2) is 0 Å². The van der Waals surface area contributed by atoms with E-state index in [9.17, 15) is 4.79 Å². The SMILES string of the molecule is Cn1ncc2ccc(Cc3[nH]nc4ccc(C(=O)O)cc34)cc21. The van der Waals surface area contributed by atoms with Crippen molar-refractivity contribution >= 4 is 27.8 Å². The minimum absolute atomic E-state index is 0.266. The number of carboxylic acids is 1. The van der Waals surface area contributed by atoms with Crippen molar-refractivity contribution in [3.63, 3.8) is 0 Å². The molecule has 2 aromatic heterocycles. The first kappa shape index (κ1) is 13.5. The van der Waals surface area contributed by atoms with Crippen LogP contribution in [-0.2, 0) is 13.5 Å². The molecule has 2 aromatic carbocycles. The molecule has 6 heteroatoms. The third kappa shape index (κ3) is 2.24. The van der Waals surface area contributed by atoms with Crippen molar-refractivity contribution in [3.8, 4) is 0 Å². The zero-order valence-electron chi connectivity index (χ0n) is 12.4. The molecule has 114 valence electrons. The summed E-state index contributed by atoms with van der Waals surface area (Å²) >= 11 is 0. The number of fused-ring (bicyclic) bond motifs is 2. The first-order chi connectivity index (χ1) is 11.1. The second-order valence-electron chi connectivity index (χ2n) is 5.58. The van der Waals surface area contributed by atoms with Gasteiger partial charge in [0.2, 0.25) is 0 Å². The van der Waals surface area contributed by atoms with Crippen LogP contribution in [0.1, 0.15) is 21.6 Å². The minimum atomic E-state index is -0.935. The van der Waals surface area contributed by atoms with Gasteiger partial charge in [-0.05, 0) is 29.8 Å². The molecule has 0 unspecified atom stereocenters. The summed E-state index contributed by atoms with van der Waals surface area (Å²) in [5, 5.41) is 22.6. The fourth-order valence-corrected chi connectivity index (χ4v) is 2.83. The van der Waals surface area contributed by atoms with Gasteiger partial charge in [0, 0.05) is 29.9 Å². The number of aromatic carboxylic acids is 1. The summed E-state index contributed by atoms with van der Waals surface area (Å²) in [6, 6.07) is 11.1. The van der Waals surface area contributed by atoms with Gasteiger partial charge in [0.1, 0.15) is 0 Å². The van der Waals surface area contributed by atoms with Gasteiger partial charge in [-0.3, -0.25) is 9.78 Å². The van der Waals surface area contributed by atoms with Crippen molar-refractivity contribution in [2.75, 3.05) is 0 Å². The largest absolute Gasteiger partial charge is 0.478 e. The summed E-state index contributed by atoms with van der Waals surface area (Å²) in [5.74, 6) is -0.935. The number of nitrogens with one attached hydrogen (secondary N) is 1. The smallest absolute Gasteiger partial charge is 0.335 e. The highest BCUT2D eigenvalue weighted by Crippen LogP contribution is 2.22. The fraction of sp³-hybridized carbons (Fsp3) is 0.118. The molecule has 2 heterocycles. The lowest BCUT2D eigenvalue weighted by Gasteiger charge is -2.02. The lowest BCUT2D eigenvalue weighted by molar-refractivity contribution is 0.0697. The molecule has 0 saturated heterocycles. The molecule has 0 amide bonds. The fourth-order valence-electron chi connectivity index (χ4n) is 2.83. The molecule has 6 nitrogen and oxygen atoms in total. The molecule has 0 fully saturated rings. The molecule has 0 aliphatic heterocycles. The molecular weight excluding hydrogens is 292 g/mol. The van der Waals surface area contributed by atoms with E-state index in [4.69, 9.17) is 5.11 Å². The average molecular weight is 306 g/mol. The number of H-pyrrole nitrogens is 1. The number of carboxylic acid groups (broad SMARTS) is 1. The van der Waals surface area contributed by atoms with Crippen molar-refractivity contribution in [2.45, 2.75) is 6.42 Å². The Hall–Kier alpha value is -3.15. The van der Waals surface area contributed by atoms with Gasteiger partial charge in [-0.15, -0.1) is 0 Å². The van der Waals surface area contributed by atoms with E-state index in [-0.39, 0.29) is 5.56 Å². The number of benzene rings is 2. The van der Waals surface area contributed by atoms with E-state index >= 15 is 0 Å². The van der Waals surface area contributed by atoms with Crippen LogP contribution in [0.25, 0.3) is 21.8 Å². The monoisotopic (exact) mass is 306 g/mol. The Morgan fingerprint density at radius 1 is 1.26 bits per heavy atom. The number of rotatable bonds is 3. The zero-order chi connectivity index (χ0) is 16.0. The van der Waals surface area contributed by atoms with Crippen LogP contribution in [0, 0.1) is 0 Å². The Kier molecular flexibility index (Phi) is 2.90. The van der Waals surface area contributed by atoms with Crippen molar-refractivity contribution in [1.82, 2.24) is 20.0 Å². The molecule has 4 aromatic rings. The van der Waals surface area contributed by atoms with Crippen molar-refractivity contribution in [2.24, 2.45) is 7.05 Å². The first-order valence-electron chi connectivity index (χ1n) is 7.23. The topological polar surface area (TPSA) is 83.8 Å². The second-order valence-corrected chi connectivity index (χ2v) is 5.58. The normalized spacial score (nSPS) is 11.3. The van der Waals surface area contributed by atoms with Gasteiger partial charge in [0.05, 0.1) is 22.8 Å². The molecule has 0 aliphatic carbocycles. The van der Waals surface area contributed by atoms with Crippen molar-refractivity contribution in [1.29, 1.82) is 0 Å². The summed E-state index contributed by atoms with van der Waals surface area (Å²) in [6.07, 6.45) is 2.49. The summed E-state index contributed by atoms with van der Waals surface area (Å²) in [7, 11) is 1.91. The van der Waals surface area contributed by atoms with Crippen LogP contribution in [-0.4, -0.2) is 31.1 Å². The van der Waals surface area contributed by atoms with E-state index in [2.05, 4.69) is 27.4 Å². The Bertz CT molecular complexity index is 1050. The first-order valence-corrected chi connectivity index (χ1v) is 7.23. The predicted molar refractivity (Wildman–Crippen MR) is 86.6 cm³/mol. The van der Waals surface area contributed by atoms with Gasteiger partial charge < -0.3 is 5.11 Å². The van der Waals surface area contributed by atoms with Gasteiger partial charge in [-0.25, -0.2) is 4.79 Å². The summed E-state index contributed by atoms with van der Waals surface area (Å²) < 4.78 is 1.84. The van der Waals surface area contributed by atoms with Gasteiger partial charge in [-0.1, -0.05) is 12.1 Å². The second kappa shape index (κ2) is 4.95. The third-order valence-electron chi connectivity index (χ3n) is 4.07. The maximum atomic E-state index is 11.2. The lowest BCUT2D eigenvalue weighted by atomic mass is 10.0. The zero-order valence-corrected chi connectivity index (χ0v) is 12.4. The number of aromatic amines is 1. The Balaban J connectivity index is 1.77. The Labute approximate surface area is 131 Å². The van der Waals surface area contributed by atoms with E-state index in [0.29, 0.717) is 6.42 Å². The molecule has 0 saturated carbocycles. The summed E-state index contributed by atoms with van der Waals surface area (Å²) in [6.45, 7) is 0. The van der Waals surface area contributed by atoms with Crippen molar-refractivity contribution in [3.05, 3.63) is 59.4 Å². The molecule has 2 N–H and O–H groups in total. The maximum Gasteiger partial charge on any atom is 0.335 e. The van der Waals surface area contributed by atoms with E-state index in [1.165, 1.54) is 0 Å². The summed E-state index contributed by atoms with van der Waals surface area (Å²) in [4.78, 5) is 11.2. The van der Waals surface area contributed by atoms with Crippen LogP contribution in [0.2, 0.25) is 0 Å². The average Bonchev–Trinajstić information content (AvgIpc) is 3.11. The van der Waals surface area contributed by atoms with Crippen LogP contribution in [0.4, 0.5) is 0 Å². The highest BCUT2D eigenvalue weighted by atomic mass is 16.4. The lowest BCUT2D eigenvalue weighted by Crippen LogP contribution is -1.96. The van der Waals surface area contributed by atoms with Gasteiger partial charge >= 0.3 is 5.97 Å². The van der Waals surface area contributed by atoms with E-state index in [0.717, 1.165) is 33.1 Å². The van der Waals surface area contributed by atoms with E-state index in [1.807, 2.05) is 24.0 Å². The third-order valence-corrected chi connectivity index (χ3v) is 4.07. The Morgan fingerprint density at radius 2 is 2.13 bits per heavy atom. The summed E-state index contributed by atoms with van der Waals surface area (Å²) in [5.41, 5.74) is 4.13. The van der Waals surface area contributed by atoms with Crippen LogP contribution < -0.4 is 0 Å². The van der Waals surface area contributed by atoms with E-state index in [1.54, 1.807) is 18.2 Å². The number of nitrogens with zero attached hydrogens (tertiary/aromatic N) is 3. The van der Waals surface area contributed by atoms with Gasteiger partial charge in [0.25, 0.3) is 0 Å². The van der Waals surface area contributed by atoms with Crippen LogP contribution in [0.15, 0.2) is 42.6 Å². The van der Waals surface area contributed by atoms with Crippen LogP contribution in [0.5, 0.6) is 0 Å². The highest BCUT2D eigenvalue weighted by Gasteiger charge is 2.11. The number of aromatic nitrogens is 4. The molecule has 0 aliphatic rings. The predicted octanol–water partition coefficient (Wildman–Crippen LogP) is 2.74. The number of hydrogen-bond acceptors (Lipinski definition) is 3. The quantitative estimate of drug-likeness (QED) is 0.609. The molecule has 0 spiro atoms. The maximum absolute atomic E-state index is 11.2. The highest BCUT2D eigenvalue weighted by molar-refractivity contribution is 5.94. The molecule has 0 atom stereocenters. The van der Waals surface area contributed by atoms with Gasteiger partial charge in [-0.2, -0.15) is 10.2 Å². The standard InChI is InChI=1S/C17H14N4O2/c1-21-16-7-10(2-3-12(16)9-18-21)6-15-13-8-11(17(22)23)4-5-14(13)19-20-15/h2-5,7-9H,6H2,1H3,(H,19,20)(H,22,23). The molecule has 0 radical (unpaired) electrons. The van der Waals surface area contributed by atoms with Crippen molar-refractivity contribution < 1.29 is 9.90 Å². The van der Waals surface area contributed by atoms with Crippen LogP contribution >= 0.6 is 0 Å². The number of carbonyl (C=O) groups is 1. The van der Waals surface area contributed by atoms with E-state index < -0.39 is 5.97 Å². The Morgan fingerprint density at radius 3 is 2.96 bits per heavy atom. The van der Waals surface area contributed by atoms with Crippen LogP contribution in [0.3, 0.4) is 0 Å². The molecular formula is C17H14N4O2. The number of hydrogen-bond donors (Lipinski definition) is 2. The number of aryl methyl sites for hydroxylation is 1. The minimum Gasteiger partial charge on any atom is -0.478 e. The molecule has 4 rings (SSSR count). The molecule has 0 bridgehead atoms.